The summed E-state index contributed by atoms with van der Waals surface area (Å²) in [4.78, 5) is 14.9. The third-order valence-corrected chi connectivity index (χ3v) is 3.17. The second kappa shape index (κ2) is 4.97. The van der Waals surface area contributed by atoms with Crippen LogP contribution in [0.4, 0.5) is 0 Å². The van der Waals surface area contributed by atoms with E-state index in [0.717, 1.165) is 22.6 Å². The van der Waals surface area contributed by atoms with Crippen molar-refractivity contribution in [1.82, 2.24) is 4.98 Å². The molecule has 0 saturated heterocycles. The minimum atomic E-state index is -0.954. The van der Waals surface area contributed by atoms with Crippen LogP contribution in [-0.2, 0) is 6.61 Å². The van der Waals surface area contributed by atoms with E-state index in [4.69, 9.17) is 9.84 Å². The van der Waals surface area contributed by atoms with E-state index < -0.39 is 5.97 Å². The van der Waals surface area contributed by atoms with E-state index in [9.17, 15) is 4.79 Å². The molecular weight excluding hydrogens is 238 g/mol. The van der Waals surface area contributed by atoms with Crippen LogP contribution in [0.5, 0.6) is 5.75 Å². The number of hydrogen-bond donors (Lipinski definition) is 1. The second-order valence-corrected chi connectivity index (χ2v) is 4.59. The fourth-order valence-electron chi connectivity index (χ4n) is 1.33. The number of carboxylic acid groups (broad SMARTS) is 1. The van der Waals surface area contributed by atoms with Crippen LogP contribution in [0.15, 0.2) is 30.5 Å². The van der Waals surface area contributed by atoms with Gasteiger partial charge < -0.3 is 9.84 Å². The molecule has 0 amide bonds. The molecule has 1 aromatic heterocycles. The van der Waals surface area contributed by atoms with Gasteiger partial charge >= 0.3 is 5.97 Å². The molecule has 0 saturated carbocycles. The first-order chi connectivity index (χ1) is 8.16. The molecule has 0 unspecified atom stereocenters. The molecule has 17 heavy (non-hydrogen) atoms. The number of thiazole rings is 1. The summed E-state index contributed by atoms with van der Waals surface area (Å²) in [6.45, 7) is 2.25. The number of nitrogens with zero attached hydrogens (tertiary/aromatic N) is 1. The van der Waals surface area contributed by atoms with Gasteiger partial charge in [0.05, 0.1) is 6.20 Å². The average molecular weight is 249 g/mol. The first-order valence-electron chi connectivity index (χ1n) is 5.03. The number of para-hydroxylation sites is 1. The van der Waals surface area contributed by atoms with Gasteiger partial charge in [0.15, 0.2) is 0 Å². The number of aromatic nitrogens is 1. The van der Waals surface area contributed by atoms with Crippen molar-refractivity contribution in [2.24, 2.45) is 0 Å². The topological polar surface area (TPSA) is 59.4 Å². The Morgan fingerprint density at radius 1 is 1.47 bits per heavy atom. The number of ether oxygens (including phenoxy) is 1. The molecule has 4 nitrogen and oxygen atoms in total. The highest BCUT2D eigenvalue weighted by atomic mass is 32.1. The summed E-state index contributed by atoms with van der Waals surface area (Å²) >= 11 is 1.13. The minimum Gasteiger partial charge on any atom is -0.486 e. The van der Waals surface area contributed by atoms with E-state index in [-0.39, 0.29) is 4.88 Å². The van der Waals surface area contributed by atoms with Gasteiger partial charge in [0, 0.05) is 0 Å². The van der Waals surface area contributed by atoms with Crippen LogP contribution in [-0.4, -0.2) is 16.1 Å². The SMILES string of the molecule is Cc1ccccc1OCc1ncc(C(=O)O)s1. The van der Waals surface area contributed by atoms with Crippen molar-refractivity contribution in [3.63, 3.8) is 0 Å². The molecule has 1 aromatic carbocycles. The molecule has 0 aliphatic rings. The van der Waals surface area contributed by atoms with Crippen LogP contribution in [0.1, 0.15) is 20.2 Å². The van der Waals surface area contributed by atoms with Crippen molar-refractivity contribution in [3.8, 4) is 5.75 Å². The summed E-state index contributed by atoms with van der Waals surface area (Å²) in [5, 5.41) is 9.42. The summed E-state index contributed by atoms with van der Waals surface area (Å²) in [7, 11) is 0. The molecule has 0 aliphatic heterocycles. The largest absolute Gasteiger partial charge is 0.486 e. The first kappa shape index (κ1) is 11.6. The number of carboxylic acids is 1. The first-order valence-corrected chi connectivity index (χ1v) is 5.85. The molecule has 88 valence electrons. The zero-order valence-electron chi connectivity index (χ0n) is 9.21. The normalized spacial score (nSPS) is 10.2. The van der Waals surface area contributed by atoms with Crippen LogP contribution in [0.3, 0.4) is 0 Å². The van der Waals surface area contributed by atoms with Crippen molar-refractivity contribution in [3.05, 3.63) is 45.9 Å². The molecule has 1 N–H and O–H groups in total. The molecule has 5 heteroatoms. The maximum absolute atomic E-state index is 10.7. The van der Waals surface area contributed by atoms with Gasteiger partial charge in [0.2, 0.25) is 0 Å². The van der Waals surface area contributed by atoms with Gasteiger partial charge in [-0.25, -0.2) is 9.78 Å². The van der Waals surface area contributed by atoms with Gasteiger partial charge in [-0.3, -0.25) is 0 Å². The molecule has 0 fully saturated rings. The summed E-state index contributed by atoms with van der Waals surface area (Å²) < 4.78 is 5.57. The zero-order chi connectivity index (χ0) is 12.3. The van der Waals surface area contributed by atoms with Crippen molar-refractivity contribution >= 4 is 17.3 Å². The van der Waals surface area contributed by atoms with Crippen LogP contribution in [0, 0.1) is 6.92 Å². The van der Waals surface area contributed by atoms with Crippen molar-refractivity contribution in [2.45, 2.75) is 13.5 Å². The van der Waals surface area contributed by atoms with Crippen molar-refractivity contribution in [2.75, 3.05) is 0 Å². The maximum atomic E-state index is 10.7. The van der Waals surface area contributed by atoms with E-state index in [1.807, 2.05) is 31.2 Å². The number of rotatable bonds is 4. The second-order valence-electron chi connectivity index (χ2n) is 3.48. The fourth-order valence-corrected chi connectivity index (χ4v) is 2.00. The van der Waals surface area contributed by atoms with Gasteiger partial charge in [0.1, 0.15) is 22.2 Å². The molecule has 0 atom stereocenters. The van der Waals surface area contributed by atoms with E-state index in [0.29, 0.717) is 11.6 Å². The standard InChI is InChI=1S/C12H11NO3S/c1-8-4-2-3-5-9(8)16-7-11-13-6-10(17-11)12(14)15/h2-6H,7H2,1H3,(H,14,15). The lowest BCUT2D eigenvalue weighted by Gasteiger charge is -2.06. The predicted molar refractivity (Wildman–Crippen MR) is 64.6 cm³/mol. The average Bonchev–Trinajstić information content (AvgIpc) is 2.77. The molecule has 2 aromatic rings. The molecule has 0 spiro atoms. The highest BCUT2D eigenvalue weighted by molar-refractivity contribution is 7.13. The summed E-state index contributed by atoms with van der Waals surface area (Å²) in [6, 6.07) is 7.67. The van der Waals surface area contributed by atoms with Crippen molar-refractivity contribution < 1.29 is 14.6 Å². The Morgan fingerprint density at radius 2 is 2.24 bits per heavy atom. The van der Waals surface area contributed by atoms with Crippen LogP contribution in [0.2, 0.25) is 0 Å². The molecule has 1 heterocycles. The molecular formula is C12H11NO3S. The summed E-state index contributed by atoms with van der Waals surface area (Å²) in [6.07, 6.45) is 1.35. The molecule has 2 rings (SSSR count). The van der Waals surface area contributed by atoms with Gasteiger partial charge in [-0.15, -0.1) is 11.3 Å². The summed E-state index contributed by atoms with van der Waals surface area (Å²) in [5.74, 6) is -0.163. The van der Waals surface area contributed by atoms with Crippen LogP contribution >= 0.6 is 11.3 Å². The van der Waals surface area contributed by atoms with E-state index in [1.165, 1.54) is 6.20 Å². The van der Waals surface area contributed by atoms with Crippen LogP contribution in [0.25, 0.3) is 0 Å². The lowest BCUT2D eigenvalue weighted by molar-refractivity contribution is 0.0702. The maximum Gasteiger partial charge on any atom is 0.347 e. The lowest BCUT2D eigenvalue weighted by Crippen LogP contribution is -1.95. The highest BCUT2D eigenvalue weighted by Gasteiger charge is 2.09. The Hall–Kier alpha value is -1.88. The number of hydrogen-bond acceptors (Lipinski definition) is 4. The number of carbonyl (C=O) groups is 1. The highest BCUT2D eigenvalue weighted by Crippen LogP contribution is 2.19. The summed E-state index contributed by atoms with van der Waals surface area (Å²) in [5.41, 5.74) is 1.04. The van der Waals surface area contributed by atoms with Gasteiger partial charge in [-0.05, 0) is 18.6 Å². The minimum absolute atomic E-state index is 0.230. The van der Waals surface area contributed by atoms with Gasteiger partial charge in [0.25, 0.3) is 0 Å². The van der Waals surface area contributed by atoms with Gasteiger partial charge in [-0.2, -0.15) is 0 Å². The smallest absolute Gasteiger partial charge is 0.347 e. The number of aryl methyl sites for hydroxylation is 1. The lowest BCUT2D eigenvalue weighted by atomic mass is 10.2. The predicted octanol–water partition coefficient (Wildman–Crippen LogP) is 2.73. The van der Waals surface area contributed by atoms with E-state index in [2.05, 4.69) is 4.98 Å². The third kappa shape index (κ3) is 2.82. The quantitative estimate of drug-likeness (QED) is 0.905. The molecule has 0 radical (unpaired) electrons. The molecule has 0 aliphatic carbocycles. The Bertz CT molecular complexity index is 536. The zero-order valence-corrected chi connectivity index (χ0v) is 10.0. The fraction of sp³-hybridized carbons (Fsp3) is 0.167. The Labute approximate surface area is 103 Å². The Balaban J connectivity index is 2.02. The van der Waals surface area contributed by atoms with E-state index >= 15 is 0 Å². The number of benzene rings is 1. The Morgan fingerprint density at radius 3 is 2.88 bits per heavy atom. The van der Waals surface area contributed by atoms with Crippen LogP contribution < -0.4 is 4.74 Å². The Kier molecular flexibility index (Phi) is 3.39. The third-order valence-electron chi connectivity index (χ3n) is 2.21. The van der Waals surface area contributed by atoms with Crippen molar-refractivity contribution in [1.29, 1.82) is 0 Å². The van der Waals surface area contributed by atoms with E-state index in [1.54, 1.807) is 0 Å². The van der Waals surface area contributed by atoms with Gasteiger partial charge in [-0.1, -0.05) is 18.2 Å². The number of aromatic carboxylic acids is 1. The molecule has 0 bridgehead atoms. The monoisotopic (exact) mass is 249 g/mol.